The molecule has 4 nitrogen and oxygen atoms in total. The van der Waals surface area contributed by atoms with Gasteiger partial charge < -0.3 is 4.42 Å². The average molecular weight is 720 g/mol. The Balaban J connectivity index is 1.16. The zero-order valence-corrected chi connectivity index (χ0v) is 31.3. The van der Waals surface area contributed by atoms with Crippen molar-refractivity contribution >= 4 is 38.3 Å². The van der Waals surface area contributed by atoms with Crippen LogP contribution >= 0.6 is 0 Å². The molecule has 0 aliphatic heterocycles. The van der Waals surface area contributed by atoms with Gasteiger partial charge in [-0.15, -0.1) is 0 Å². The third-order valence-corrected chi connectivity index (χ3v) is 11.7. The summed E-state index contributed by atoms with van der Waals surface area (Å²) in [6.45, 7) is 4.66. The smallest absolute Gasteiger partial charge is 0.164 e. The number of benzene rings is 7. The number of hydrogen-bond donors (Lipinski definition) is 0. The van der Waals surface area contributed by atoms with E-state index in [4.69, 9.17) is 19.4 Å². The molecule has 2 aliphatic rings. The van der Waals surface area contributed by atoms with Crippen molar-refractivity contribution in [3.8, 4) is 56.4 Å². The number of aromatic nitrogens is 3. The van der Waals surface area contributed by atoms with Crippen molar-refractivity contribution in [1.82, 2.24) is 15.0 Å². The first-order valence-corrected chi connectivity index (χ1v) is 19.4. The summed E-state index contributed by atoms with van der Waals surface area (Å²) in [4.78, 5) is 15.6. The Morgan fingerprint density at radius 2 is 1.20 bits per heavy atom. The summed E-state index contributed by atoms with van der Waals surface area (Å²) in [5.74, 6) is 1.88. The fourth-order valence-corrected chi connectivity index (χ4v) is 8.84. The van der Waals surface area contributed by atoms with E-state index < -0.39 is 0 Å². The lowest BCUT2D eigenvalue weighted by Gasteiger charge is -2.22. The van der Waals surface area contributed by atoms with Crippen LogP contribution in [0.25, 0.3) is 94.7 Å². The Kier molecular flexibility index (Phi) is 7.30. The highest BCUT2D eigenvalue weighted by molar-refractivity contribution is 6.18. The fourth-order valence-electron chi connectivity index (χ4n) is 8.84. The van der Waals surface area contributed by atoms with Crippen LogP contribution in [0.5, 0.6) is 0 Å². The molecule has 2 heterocycles. The number of allylic oxidation sites excluding steroid dienone is 4. The Morgan fingerprint density at radius 3 is 2.05 bits per heavy atom. The van der Waals surface area contributed by atoms with E-state index in [1.807, 2.05) is 18.2 Å². The minimum absolute atomic E-state index is 0.144. The molecule has 9 aromatic rings. The van der Waals surface area contributed by atoms with Gasteiger partial charge in [0.05, 0.1) is 0 Å². The molecule has 56 heavy (non-hydrogen) atoms. The maximum Gasteiger partial charge on any atom is 0.164 e. The molecule has 7 aromatic carbocycles. The van der Waals surface area contributed by atoms with Crippen LogP contribution < -0.4 is 0 Å². The van der Waals surface area contributed by atoms with Gasteiger partial charge in [0.2, 0.25) is 0 Å². The molecule has 0 bridgehead atoms. The van der Waals surface area contributed by atoms with E-state index in [1.165, 1.54) is 27.8 Å². The van der Waals surface area contributed by atoms with Crippen molar-refractivity contribution in [3.05, 3.63) is 181 Å². The molecule has 4 heteroatoms. The SMILES string of the molecule is CC1(C)c2ccccc2-c2ccc(-c3cc(-c4nc(-c5ccccc5)nc(-c5cccc(C6=CCCC=C6)c5)n4)cc4c3oc3c5ccccc5ccc43)cc21. The number of fused-ring (bicyclic) bond motifs is 8. The summed E-state index contributed by atoms with van der Waals surface area (Å²) in [5.41, 5.74) is 14.1. The standard InChI is InChI=1S/C52H37N3O/c1-52(2)45-23-12-11-22-40(45)41-26-25-36(31-46(41)52)43-29-38(30-44-42-27-24-33-16-9-10-21-39(33)47(42)56-48(43)44)51-54-49(34-17-7-4-8-18-34)53-50(55-51)37-20-13-19-35(28-37)32-14-5-3-6-15-32/h4-5,7-31H,3,6H2,1-2H3. The Hall–Kier alpha value is -6.91. The zero-order chi connectivity index (χ0) is 37.4. The molecule has 0 amide bonds. The minimum atomic E-state index is -0.144. The minimum Gasteiger partial charge on any atom is -0.455 e. The van der Waals surface area contributed by atoms with Crippen LogP contribution in [0.2, 0.25) is 0 Å². The van der Waals surface area contributed by atoms with Crippen LogP contribution in [0.15, 0.2) is 168 Å². The van der Waals surface area contributed by atoms with Crippen molar-refractivity contribution < 1.29 is 4.42 Å². The lowest BCUT2D eigenvalue weighted by molar-refractivity contribution is 0.660. The van der Waals surface area contributed by atoms with Crippen molar-refractivity contribution in [2.24, 2.45) is 0 Å². The quantitative estimate of drug-likeness (QED) is 0.178. The number of furan rings is 1. The van der Waals surface area contributed by atoms with Gasteiger partial charge in [-0.2, -0.15) is 0 Å². The lowest BCUT2D eigenvalue weighted by Crippen LogP contribution is -2.14. The highest BCUT2D eigenvalue weighted by atomic mass is 16.3. The Bertz CT molecular complexity index is 3110. The molecule has 0 fully saturated rings. The molecule has 266 valence electrons. The summed E-state index contributed by atoms with van der Waals surface area (Å²) in [7, 11) is 0. The van der Waals surface area contributed by atoms with E-state index in [-0.39, 0.29) is 5.41 Å². The number of rotatable bonds is 5. The monoisotopic (exact) mass is 719 g/mol. The molecular formula is C52H37N3O. The highest BCUT2D eigenvalue weighted by Crippen LogP contribution is 2.50. The maximum atomic E-state index is 6.97. The van der Waals surface area contributed by atoms with Gasteiger partial charge in [0, 0.05) is 43.8 Å². The third-order valence-electron chi connectivity index (χ3n) is 11.7. The molecule has 0 spiro atoms. The van der Waals surface area contributed by atoms with E-state index in [1.54, 1.807) is 0 Å². The predicted molar refractivity (Wildman–Crippen MR) is 230 cm³/mol. The normalized spacial score (nSPS) is 14.3. The van der Waals surface area contributed by atoms with Gasteiger partial charge >= 0.3 is 0 Å². The van der Waals surface area contributed by atoms with Gasteiger partial charge in [-0.05, 0) is 87.5 Å². The molecule has 0 atom stereocenters. The Morgan fingerprint density at radius 1 is 0.464 bits per heavy atom. The van der Waals surface area contributed by atoms with Crippen LogP contribution in [-0.4, -0.2) is 15.0 Å². The summed E-state index contributed by atoms with van der Waals surface area (Å²) >= 11 is 0. The molecule has 0 unspecified atom stereocenters. The third kappa shape index (κ3) is 5.17. The molecule has 0 radical (unpaired) electrons. The molecule has 11 rings (SSSR count). The van der Waals surface area contributed by atoms with Crippen LogP contribution in [0, 0.1) is 0 Å². The van der Waals surface area contributed by atoms with Crippen LogP contribution in [0.4, 0.5) is 0 Å². The van der Waals surface area contributed by atoms with Crippen molar-refractivity contribution in [2.75, 3.05) is 0 Å². The average Bonchev–Trinajstić information content (AvgIpc) is 3.76. The molecule has 2 aromatic heterocycles. The summed E-state index contributed by atoms with van der Waals surface area (Å²) in [5, 5.41) is 4.34. The van der Waals surface area contributed by atoms with Gasteiger partial charge in [0.1, 0.15) is 11.2 Å². The maximum absolute atomic E-state index is 6.97. The van der Waals surface area contributed by atoms with E-state index >= 15 is 0 Å². The lowest BCUT2D eigenvalue weighted by atomic mass is 9.81. The molecule has 0 saturated heterocycles. The second kappa shape index (κ2) is 12.6. The topological polar surface area (TPSA) is 51.8 Å². The predicted octanol–water partition coefficient (Wildman–Crippen LogP) is 13.6. The van der Waals surface area contributed by atoms with Gasteiger partial charge in [-0.25, -0.2) is 15.0 Å². The van der Waals surface area contributed by atoms with E-state index in [2.05, 4.69) is 159 Å². The highest BCUT2D eigenvalue weighted by Gasteiger charge is 2.35. The van der Waals surface area contributed by atoms with Gasteiger partial charge in [0.25, 0.3) is 0 Å². The first-order valence-electron chi connectivity index (χ1n) is 19.4. The van der Waals surface area contributed by atoms with E-state index in [0.29, 0.717) is 17.5 Å². The summed E-state index contributed by atoms with van der Waals surface area (Å²) in [6.07, 6.45) is 8.88. The molecule has 0 saturated carbocycles. The van der Waals surface area contributed by atoms with Crippen LogP contribution in [0.3, 0.4) is 0 Å². The molecular weight excluding hydrogens is 683 g/mol. The Labute approximate surface area is 325 Å². The number of hydrogen-bond acceptors (Lipinski definition) is 4. The van der Waals surface area contributed by atoms with E-state index in [0.717, 1.165) is 78.9 Å². The second-order valence-electron chi connectivity index (χ2n) is 15.5. The van der Waals surface area contributed by atoms with Crippen molar-refractivity contribution in [1.29, 1.82) is 0 Å². The largest absolute Gasteiger partial charge is 0.455 e. The zero-order valence-electron chi connectivity index (χ0n) is 31.3. The number of nitrogens with zero attached hydrogens (tertiary/aromatic N) is 3. The van der Waals surface area contributed by atoms with Crippen LogP contribution in [-0.2, 0) is 5.41 Å². The molecule has 0 N–H and O–H groups in total. The van der Waals surface area contributed by atoms with E-state index in [9.17, 15) is 0 Å². The van der Waals surface area contributed by atoms with Gasteiger partial charge in [-0.1, -0.05) is 147 Å². The first kappa shape index (κ1) is 32.5. The second-order valence-corrected chi connectivity index (χ2v) is 15.5. The van der Waals surface area contributed by atoms with Gasteiger partial charge in [-0.3, -0.25) is 0 Å². The first-order chi connectivity index (χ1) is 27.5. The fraction of sp³-hybridized carbons (Fsp3) is 0.0962. The van der Waals surface area contributed by atoms with Crippen molar-refractivity contribution in [2.45, 2.75) is 32.1 Å². The van der Waals surface area contributed by atoms with Crippen molar-refractivity contribution in [3.63, 3.8) is 0 Å². The summed E-state index contributed by atoms with van der Waals surface area (Å²) in [6, 6.07) is 51.7. The van der Waals surface area contributed by atoms with Gasteiger partial charge in [0.15, 0.2) is 17.5 Å². The van der Waals surface area contributed by atoms with Crippen LogP contribution in [0.1, 0.15) is 43.4 Å². The molecule has 2 aliphatic carbocycles. The summed E-state index contributed by atoms with van der Waals surface area (Å²) < 4.78 is 6.97.